The van der Waals surface area contributed by atoms with Gasteiger partial charge in [-0.1, -0.05) is 38.1 Å². The van der Waals surface area contributed by atoms with Crippen LogP contribution in [0, 0.1) is 12.8 Å². The lowest BCUT2D eigenvalue weighted by atomic mass is 9.68. The third-order valence-corrected chi connectivity index (χ3v) is 6.81. The Morgan fingerprint density at radius 1 is 1.16 bits per heavy atom. The molecule has 2 aromatic rings. The number of hydrogen-bond acceptors (Lipinski definition) is 3. The van der Waals surface area contributed by atoms with Crippen LogP contribution in [-0.2, 0) is 15.4 Å². The summed E-state index contributed by atoms with van der Waals surface area (Å²) in [5.74, 6) is 0.491. The SMILES string of the molecule is Cc1cccc(S(=O)(=O)Nc2cccc(C3(C)CCNCC3C)c2)c1. The molecule has 1 saturated heterocycles. The molecule has 1 fully saturated rings. The van der Waals surface area contributed by atoms with Gasteiger partial charge in [-0.05, 0) is 73.2 Å². The van der Waals surface area contributed by atoms with E-state index < -0.39 is 10.0 Å². The van der Waals surface area contributed by atoms with E-state index in [0.717, 1.165) is 25.1 Å². The molecule has 134 valence electrons. The number of nitrogens with one attached hydrogen (secondary N) is 2. The Bertz CT molecular complexity index is 864. The average molecular weight is 359 g/mol. The first kappa shape index (κ1) is 18.0. The van der Waals surface area contributed by atoms with Crippen LogP contribution in [0.2, 0.25) is 0 Å². The Labute approximate surface area is 150 Å². The molecule has 3 rings (SSSR count). The lowest BCUT2D eigenvalue weighted by Gasteiger charge is -2.40. The van der Waals surface area contributed by atoms with Gasteiger partial charge in [0.1, 0.15) is 0 Å². The number of aryl methyl sites for hydroxylation is 1. The maximum atomic E-state index is 12.7. The largest absolute Gasteiger partial charge is 0.316 e. The van der Waals surface area contributed by atoms with E-state index in [4.69, 9.17) is 0 Å². The molecule has 2 aromatic carbocycles. The number of benzene rings is 2. The molecule has 4 nitrogen and oxygen atoms in total. The van der Waals surface area contributed by atoms with Crippen LogP contribution < -0.4 is 10.0 Å². The molecule has 0 aromatic heterocycles. The monoisotopic (exact) mass is 358 g/mol. The average Bonchev–Trinajstić information content (AvgIpc) is 2.57. The molecule has 2 atom stereocenters. The maximum absolute atomic E-state index is 12.7. The van der Waals surface area contributed by atoms with Gasteiger partial charge in [-0.15, -0.1) is 0 Å². The van der Waals surface area contributed by atoms with Crippen molar-refractivity contribution in [2.45, 2.75) is 37.5 Å². The summed E-state index contributed by atoms with van der Waals surface area (Å²) in [5.41, 5.74) is 2.78. The Balaban J connectivity index is 1.89. The highest BCUT2D eigenvalue weighted by molar-refractivity contribution is 7.92. The van der Waals surface area contributed by atoms with E-state index in [1.54, 1.807) is 18.2 Å². The lowest BCUT2D eigenvalue weighted by molar-refractivity contribution is 0.238. The fourth-order valence-electron chi connectivity index (χ4n) is 3.50. The van der Waals surface area contributed by atoms with Crippen LogP contribution in [0.3, 0.4) is 0 Å². The molecule has 5 heteroatoms. The van der Waals surface area contributed by atoms with Gasteiger partial charge < -0.3 is 5.32 Å². The molecular weight excluding hydrogens is 332 g/mol. The minimum absolute atomic E-state index is 0.0516. The van der Waals surface area contributed by atoms with Gasteiger partial charge in [0, 0.05) is 5.69 Å². The van der Waals surface area contributed by atoms with Crippen LogP contribution in [0.4, 0.5) is 5.69 Å². The summed E-state index contributed by atoms with van der Waals surface area (Å²) in [4.78, 5) is 0.291. The van der Waals surface area contributed by atoms with Crippen molar-refractivity contribution in [2.24, 2.45) is 5.92 Å². The first-order valence-electron chi connectivity index (χ1n) is 8.72. The zero-order valence-electron chi connectivity index (χ0n) is 15.0. The van der Waals surface area contributed by atoms with Crippen molar-refractivity contribution in [1.29, 1.82) is 0 Å². The summed E-state index contributed by atoms with van der Waals surface area (Å²) in [7, 11) is -3.58. The van der Waals surface area contributed by atoms with Crippen LogP contribution in [0.15, 0.2) is 53.4 Å². The van der Waals surface area contributed by atoms with Crippen LogP contribution >= 0.6 is 0 Å². The molecular formula is C20H26N2O2S. The van der Waals surface area contributed by atoms with Crippen molar-refractivity contribution in [3.8, 4) is 0 Å². The maximum Gasteiger partial charge on any atom is 0.261 e. The Morgan fingerprint density at radius 2 is 1.92 bits per heavy atom. The lowest BCUT2D eigenvalue weighted by Crippen LogP contribution is -2.44. The smallest absolute Gasteiger partial charge is 0.261 e. The Kier molecular flexibility index (Phi) is 4.89. The van der Waals surface area contributed by atoms with Crippen LogP contribution in [0.25, 0.3) is 0 Å². The van der Waals surface area contributed by atoms with Gasteiger partial charge in [0.15, 0.2) is 0 Å². The normalized spacial score (nSPS) is 24.0. The Morgan fingerprint density at radius 3 is 2.64 bits per heavy atom. The molecule has 1 aliphatic heterocycles. The van der Waals surface area contributed by atoms with Crippen molar-refractivity contribution in [1.82, 2.24) is 5.32 Å². The molecule has 0 saturated carbocycles. The first-order chi connectivity index (χ1) is 11.8. The van der Waals surface area contributed by atoms with Gasteiger partial charge in [-0.25, -0.2) is 8.42 Å². The minimum atomic E-state index is -3.58. The van der Waals surface area contributed by atoms with Crippen molar-refractivity contribution in [3.63, 3.8) is 0 Å². The number of hydrogen-bond donors (Lipinski definition) is 2. The summed E-state index contributed by atoms with van der Waals surface area (Å²) >= 11 is 0. The van der Waals surface area contributed by atoms with Crippen molar-refractivity contribution in [3.05, 3.63) is 59.7 Å². The summed E-state index contributed by atoms with van der Waals surface area (Å²) in [6.45, 7) is 8.37. The molecule has 1 heterocycles. The zero-order chi connectivity index (χ0) is 18.1. The molecule has 25 heavy (non-hydrogen) atoms. The molecule has 0 amide bonds. The van der Waals surface area contributed by atoms with Crippen LogP contribution in [0.5, 0.6) is 0 Å². The second-order valence-corrected chi connectivity index (χ2v) is 8.96. The van der Waals surface area contributed by atoms with E-state index in [-0.39, 0.29) is 5.41 Å². The third kappa shape index (κ3) is 3.72. The molecule has 0 radical (unpaired) electrons. The minimum Gasteiger partial charge on any atom is -0.316 e. The summed E-state index contributed by atoms with van der Waals surface area (Å²) in [5, 5.41) is 3.43. The van der Waals surface area contributed by atoms with Crippen LogP contribution in [0.1, 0.15) is 31.4 Å². The number of sulfonamides is 1. The molecule has 1 aliphatic rings. The van der Waals surface area contributed by atoms with E-state index in [2.05, 4.69) is 30.0 Å². The molecule has 2 N–H and O–H groups in total. The number of piperidine rings is 1. The highest BCUT2D eigenvalue weighted by atomic mass is 32.2. The van der Waals surface area contributed by atoms with Crippen molar-refractivity contribution in [2.75, 3.05) is 17.8 Å². The van der Waals surface area contributed by atoms with Crippen molar-refractivity contribution >= 4 is 15.7 Å². The predicted molar refractivity (Wildman–Crippen MR) is 102 cm³/mol. The number of anilines is 1. The molecule has 0 bridgehead atoms. The third-order valence-electron chi connectivity index (χ3n) is 5.43. The topological polar surface area (TPSA) is 58.2 Å². The van der Waals surface area contributed by atoms with Gasteiger partial charge >= 0.3 is 0 Å². The second kappa shape index (κ2) is 6.81. The molecule has 0 aliphatic carbocycles. The van der Waals surface area contributed by atoms with Gasteiger partial charge in [0.05, 0.1) is 4.90 Å². The first-order valence-corrected chi connectivity index (χ1v) is 10.2. The number of rotatable bonds is 4. The van der Waals surface area contributed by atoms with E-state index in [0.29, 0.717) is 16.5 Å². The second-order valence-electron chi connectivity index (χ2n) is 7.28. The zero-order valence-corrected chi connectivity index (χ0v) is 15.9. The van der Waals surface area contributed by atoms with Crippen LogP contribution in [-0.4, -0.2) is 21.5 Å². The van der Waals surface area contributed by atoms with Gasteiger partial charge in [0.2, 0.25) is 0 Å². The predicted octanol–water partition coefficient (Wildman–Crippen LogP) is 3.68. The quantitative estimate of drug-likeness (QED) is 0.876. The van der Waals surface area contributed by atoms with E-state index >= 15 is 0 Å². The fourth-order valence-corrected chi connectivity index (χ4v) is 4.66. The van der Waals surface area contributed by atoms with Gasteiger partial charge in [0.25, 0.3) is 10.0 Å². The highest BCUT2D eigenvalue weighted by Gasteiger charge is 2.35. The molecule has 0 spiro atoms. The fraction of sp³-hybridized carbons (Fsp3) is 0.400. The van der Waals surface area contributed by atoms with E-state index in [1.165, 1.54) is 5.56 Å². The van der Waals surface area contributed by atoms with Crippen molar-refractivity contribution < 1.29 is 8.42 Å². The van der Waals surface area contributed by atoms with E-state index in [1.807, 2.05) is 31.2 Å². The standard InChI is InChI=1S/C20H26N2O2S/c1-15-6-4-9-19(12-15)25(23,24)22-18-8-5-7-17(13-18)20(3)10-11-21-14-16(20)2/h4-9,12-13,16,21-22H,10-11,14H2,1-3H3. The highest BCUT2D eigenvalue weighted by Crippen LogP contribution is 2.38. The molecule has 2 unspecified atom stereocenters. The van der Waals surface area contributed by atoms with E-state index in [9.17, 15) is 8.42 Å². The summed E-state index contributed by atoms with van der Waals surface area (Å²) < 4.78 is 28.1. The van der Waals surface area contributed by atoms with Gasteiger partial charge in [-0.3, -0.25) is 4.72 Å². The summed E-state index contributed by atoms with van der Waals surface area (Å²) in [6.07, 6.45) is 1.04. The Hall–Kier alpha value is -1.85. The van der Waals surface area contributed by atoms with Gasteiger partial charge in [-0.2, -0.15) is 0 Å². The summed E-state index contributed by atoms with van der Waals surface area (Å²) in [6, 6.07) is 14.8.